The number of ketones is 1. The van der Waals surface area contributed by atoms with Crippen molar-refractivity contribution in [1.82, 2.24) is 25.9 Å². The van der Waals surface area contributed by atoms with Crippen LogP contribution >= 0.6 is 0 Å². The van der Waals surface area contributed by atoms with Crippen LogP contribution in [0.1, 0.15) is 36.7 Å². The SMILES string of the molecule is CC(C)(C)OC(=O)CN(C(=O)CNC(=O)Nc1cccc(-c2nn[nH]n2)c1)c1ccccc1C(=O)c1ccccc1. The van der Waals surface area contributed by atoms with Crippen LogP contribution in [0.5, 0.6) is 0 Å². The second-order valence-corrected chi connectivity index (χ2v) is 9.90. The van der Waals surface area contributed by atoms with Crippen LogP contribution in [0.15, 0.2) is 78.9 Å². The molecule has 0 aliphatic heterocycles. The zero-order valence-corrected chi connectivity index (χ0v) is 22.7. The van der Waals surface area contributed by atoms with Crippen molar-refractivity contribution in [3.8, 4) is 11.4 Å². The predicted molar refractivity (Wildman–Crippen MR) is 151 cm³/mol. The van der Waals surface area contributed by atoms with Crippen LogP contribution in [0.2, 0.25) is 0 Å². The summed E-state index contributed by atoms with van der Waals surface area (Å²) in [6.45, 7) is 4.20. The van der Waals surface area contributed by atoms with Crippen molar-refractivity contribution in [3.05, 3.63) is 90.0 Å². The van der Waals surface area contributed by atoms with Gasteiger partial charge in [-0.3, -0.25) is 19.3 Å². The summed E-state index contributed by atoms with van der Waals surface area (Å²) >= 11 is 0. The number of carbonyl (C=O) groups excluding carboxylic acids is 4. The highest BCUT2D eigenvalue weighted by Crippen LogP contribution is 2.24. The van der Waals surface area contributed by atoms with E-state index in [1.165, 1.54) is 0 Å². The van der Waals surface area contributed by atoms with Crippen molar-refractivity contribution >= 4 is 35.1 Å². The molecule has 1 heterocycles. The third kappa shape index (κ3) is 7.82. The number of hydrogen-bond acceptors (Lipinski definition) is 8. The molecule has 3 amide bonds. The van der Waals surface area contributed by atoms with Crippen molar-refractivity contribution in [2.24, 2.45) is 0 Å². The van der Waals surface area contributed by atoms with E-state index in [2.05, 4.69) is 31.3 Å². The van der Waals surface area contributed by atoms with Crippen LogP contribution in [0.3, 0.4) is 0 Å². The van der Waals surface area contributed by atoms with Gasteiger partial charge in [-0.05, 0) is 50.3 Å². The van der Waals surface area contributed by atoms with E-state index < -0.39 is 36.6 Å². The lowest BCUT2D eigenvalue weighted by Crippen LogP contribution is -2.45. The monoisotopic (exact) mass is 555 g/mol. The van der Waals surface area contributed by atoms with Crippen LogP contribution in [0.25, 0.3) is 11.4 Å². The van der Waals surface area contributed by atoms with Crippen LogP contribution in [0, 0.1) is 0 Å². The maximum Gasteiger partial charge on any atom is 0.326 e. The molecule has 0 aliphatic carbocycles. The van der Waals surface area contributed by atoms with E-state index >= 15 is 0 Å². The number of aromatic amines is 1. The summed E-state index contributed by atoms with van der Waals surface area (Å²) in [7, 11) is 0. The smallest absolute Gasteiger partial charge is 0.326 e. The molecule has 12 nitrogen and oxygen atoms in total. The van der Waals surface area contributed by atoms with Crippen molar-refractivity contribution in [1.29, 1.82) is 0 Å². The van der Waals surface area contributed by atoms with Crippen molar-refractivity contribution < 1.29 is 23.9 Å². The lowest BCUT2D eigenvalue weighted by molar-refractivity contribution is -0.153. The lowest BCUT2D eigenvalue weighted by atomic mass is 10.0. The minimum absolute atomic E-state index is 0.215. The van der Waals surface area contributed by atoms with E-state index in [1.807, 2.05) is 0 Å². The van der Waals surface area contributed by atoms with Gasteiger partial charge in [-0.2, -0.15) is 5.21 Å². The fraction of sp³-hybridized carbons (Fsp3) is 0.207. The molecule has 1 aromatic heterocycles. The highest BCUT2D eigenvalue weighted by Gasteiger charge is 2.27. The highest BCUT2D eigenvalue weighted by molar-refractivity contribution is 6.15. The number of benzene rings is 3. The number of amides is 3. The molecule has 0 spiro atoms. The first-order chi connectivity index (χ1) is 19.6. The number of rotatable bonds is 9. The summed E-state index contributed by atoms with van der Waals surface area (Å²) in [5.74, 6) is -1.27. The van der Waals surface area contributed by atoms with Gasteiger partial charge in [0, 0.05) is 22.4 Å². The Morgan fingerprint density at radius 1 is 0.927 bits per heavy atom. The molecule has 4 rings (SSSR count). The summed E-state index contributed by atoms with van der Waals surface area (Å²) in [6, 6.07) is 21.2. The molecule has 0 saturated carbocycles. The highest BCUT2D eigenvalue weighted by atomic mass is 16.6. The predicted octanol–water partition coefficient (Wildman–Crippen LogP) is 3.59. The van der Waals surface area contributed by atoms with Gasteiger partial charge >= 0.3 is 12.0 Å². The molecule has 0 bridgehead atoms. The van der Waals surface area contributed by atoms with Gasteiger partial charge in [0.15, 0.2) is 5.78 Å². The summed E-state index contributed by atoms with van der Waals surface area (Å²) in [5, 5.41) is 18.9. The Morgan fingerprint density at radius 3 is 2.37 bits per heavy atom. The van der Waals surface area contributed by atoms with Gasteiger partial charge in [-0.1, -0.05) is 54.6 Å². The van der Waals surface area contributed by atoms with E-state index in [0.717, 1.165) is 4.90 Å². The lowest BCUT2D eigenvalue weighted by Gasteiger charge is -2.27. The first kappa shape index (κ1) is 28.6. The van der Waals surface area contributed by atoms with Gasteiger partial charge in [-0.25, -0.2) is 4.79 Å². The maximum atomic E-state index is 13.5. The minimum Gasteiger partial charge on any atom is -0.459 e. The van der Waals surface area contributed by atoms with Gasteiger partial charge in [0.2, 0.25) is 11.7 Å². The molecule has 0 fully saturated rings. The average Bonchev–Trinajstić information content (AvgIpc) is 3.49. The first-order valence-electron chi connectivity index (χ1n) is 12.7. The number of ether oxygens (including phenoxy) is 1. The summed E-state index contributed by atoms with van der Waals surface area (Å²) in [5.41, 5.74) is 1.12. The molecule has 0 atom stereocenters. The first-order valence-corrected chi connectivity index (χ1v) is 12.7. The van der Waals surface area contributed by atoms with E-state index in [0.29, 0.717) is 22.6 Å². The van der Waals surface area contributed by atoms with Crippen LogP contribution in [0.4, 0.5) is 16.2 Å². The Morgan fingerprint density at radius 2 is 1.66 bits per heavy atom. The number of nitrogens with one attached hydrogen (secondary N) is 3. The zero-order chi connectivity index (χ0) is 29.4. The molecule has 210 valence electrons. The van der Waals surface area contributed by atoms with Crippen molar-refractivity contribution in [2.75, 3.05) is 23.3 Å². The molecule has 3 N–H and O–H groups in total. The summed E-state index contributed by atoms with van der Waals surface area (Å²) < 4.78 is 5.44. The number of nitrogens with zero attached hydrogens (tertiary/aromatic N) is 4. The quantitative estimate of drug-likeness (QED) is 0.209. The third-order valence-electron chi connectivity index (χ3n) is 5.61. The number of tetrazole rings is 1. The van der Waals surface area contributed by atoms with E-state index in [4.69, 9.17) is 4.74 Å². The molecule has 0 saturated heterocycles. The van der Waals surface area contributed by atoms with Crippen LogP contribution in [-0.2, 0) is 14.3 Å². The molecule has 4 aromatic rings. The fourth-order valence-corrected chi connectivity index (χ4v) is 3.90. The van der Waals surface area contributed by atoms with Gasteiger partial charge in [0.05, 0.1) is 12.2 Å². The minimum atomic E-state index is -0.792. The molecule has 41 heavy (non-hydrogen) atoms. The Labute approximate surface area is 236 Å². The Bertz CT molecular complexity index is 1530. The molecular formula is C29H29N7O5. The Kier molecular flexibility index (Phi) is 8.82. The number of anilines is 2. The molecule has 0 unspecified atom stereocenters. The van der Waals surface area contributed by atoms with Crippen LogP contribution < -0.4 is 15.5 Å². The average molecular weight is 556 g/mol. The normalized spacial score (nSPS) is 10.9. The van der Waals surface area contributed by atoms with Gasteiger partial charge in [0.1, 0.15) is 12.1 Å². The fourth-order valence-electron chi connectivity index (χ4n) is 3.90. The van der Waals surface area contributed by atoms with E-state index in [9.17, 15) is 19.2 Å². The number of carbonyl (C=O) groups is 4. The second kappa shape index (κ2) is 12.6. The number of para-hydroxylation sites is 1. The second-order valence-electron chi connectivity index (χ2n) is 9.90. The number of aromatic nitrogens is 4. The van der Waals surface area contributed by atoms with E-state index in [-0.39, 0.29) is 17.0 Å². The molecule has 3 aromatic carbocycles. The van der Waals surface area contributed by atoms with Crippen LogP contribution in [-0.4, -0.2) is 63.0 Å². The molecule has 0 aliphatic rings. The third-order valence-corrected chi connectivity index (χ3v) is 5.61. The van der Waals surface area contributed by atoms with Crippen molar-refractivity contribution in [2.45, 2.75) is 26.4 Å². The number of H-pyrrole nitrogens is 1. The molecular weight excluding hydrogens is 526 g/mol. The Hall–Kier alpha value is -5.39. The van der Waals surface area contributed by atoms with E-state index in [1.54, 1.807) is 99.6 Å². The zero-order valence-electron chi connectivity index (χ0n) is 22.7. The van der Waals surface area contributed by atoms with Crippen molar-refractivity contribution in [3.63, 3.8) is 0 Å². The van der Waals surface area contributed by atoms with Gasteiger partial charge in [0.25, 0.3) is 0 Å². The Balaban J connectivity index is 1.52. The summed E-state index contributed by atoms with van der Waals surface area (Å²) in [4.78, 5) is 53.4. The number of esters is 1. The largest absolute Gasteiger partial charge is 0.459 e. The van der Waals surface area contributed by atoms with Gasteiger partial charge < -0.3 is 15.4 Å². The number of urea groups is 1. The standard InChI is InChI=1S/C29H29N7O5/c1-29(2,3)41-25(38)18-36(23-15-8-7-14-22(23)26(39)19-10-5-4-6-11-19)24(37)17-30-28(40)31-21-13-9-12-20(16-21)27-32-34-35-33-27/h4-16H,17-18H2,1-3H3,(H2,30,31,40)(H,32,33,34,35). The topological polar surface area (TPSA) is 159 Å². The number of hydrogen-bond donors (Lipinski definition) is 3. The van der Waals surface area contributed by atoms with Gasteiger partial charge in [-0.15, -0.1) is 10.2 Å². The molecule has 0 radical (unpaired) electrons. The molecule has 12 heteroatoms. The summed E-state index contributed by atoms with van der Waals surface area (Å²) in [6.07, 6.45) is 0. The maximum absolute atomic E-state index is 13.5.